The molecule has 1 aliphatic rings. The minimum absolute atomic E-state index is 0.513. The van der Waals surface area contributed by atoms with Gasteiger partial charge >= 0.3 is 0 Å². The summed E-state index contributed by atoms with van der Waals surface area (Å²) in [6.45, 7) is 4.38. The fourth-order valence-corrected chi connectivity index (χ4v) is 1.45. The van der Waals surface area contributed by atoms with Crippen molar-refractivity contribution >= 4 is 0 Å². The van der Waals surface area contributed by atoms with Gasteiger partial charge in [-0.15, -0.1) is 0 Å². The Morgan fingerprint density at radius 3 is 2.83 bits per heavy atom. The van der Waals surface area contributed by atoms with Crippen molar-refractivity contribution in [1.29, 1.82) is 0 Å². The van der Waals surface area contributed by atoms with Crippen LogP contribution in [0.5, 0.6) is 0 Å². The minimum atomic E-state index is -1.09. The van der Waals surface area contributed by atoms with E-state index in [0.717, 1.165) is 17.8 Å². The molecule has 0 aromatic heterocycles. The van der Waals surface area contributed by atoms with Crippen LogP contribution in [0.2, 0.25) is 0 Å². The van der Waals surface area contributed by atoms with Crippen LogP contribution in [-0.4, -0.2) is 24.6 Å². The van der Waals surface area contributed by atoms with Gasteiger partial charge in [-0.25, -0.2) is 0 Å². The van der Waals surface area contributed by atoms with Crippen LogP contribution in [0.3, 0.4) is 0 Å². The zero-order valence-electron chi connectivity index (χ0n) is 7.89. The Labute approximate surface area is 73.0 Å². The van der Waals surface area contributed by atoms with Gasteiger partial charge in [-0.05, 0) is 6.92 Å². The SMILES string of the molecule is CCC1=C(C)C(O)(OC)CCO1. The molecule has 0 aromatic carbocycles. The lowest BCUT2D eigenvalue weighted by atomic mass is 10.00. The lowest BCUT2D eigenvalue weighted by Crippen LogP contribution is -2.37. The third-order valence-electron chi connectivity index (χ3n) is 2.38. The van der Waals surface area contributed by atoms with Gasteiger partial charge in [0.1, 0.15) is 0 Å². The second-order valence-electron chi connectivity index (χ2n) is 2.99. The van der Waals surface area contributed by atoms with Crippen LogP contribution in [-0.2, 0) is 9.47 Å². The number of aliphatic hydroxyl groups is 1. The van der Waals surface area contributed by atoms with Crippen molar-refractivity contribution in [2.24, 2.45) is 0 Å². The number of allylic oxidation sites excluding steroid dienone is 1. The third kappa shape index (κ3) is 1.47. The molecule has 1 rings (SSSR count). The fraction of sp³-hybridized carbons (Fsp3) is 0.778. The molecule has 3 heteroatoms. The van der Waals surface area contributed by atoms with Crippen LogP contribution in [0.4, 0.5) is 0 Å². The van der Waals surface area contributed by atoms with E-state index in [4.69, 9.17) is 9.47 Å². The van der Waals surface area contributed by atoms with Crippen LogP contribution in [0.25, 0.3) is 0 Å². The Bertz CT molecular complexity index is 198. The monoisotopic (exact) mass is 172 g/mol. The number of ether oxygens (including phenoxy) is 2. The molecule has 0 aliphatic carbocycles. The maximum atomic E-state index is 9.89. The first-order valence-electron chi connectivity index (χ1n) is 4.24. The van der Waals surface area contributed by atoms with Gasteiger partial charge in [-0.2, -0.15) is 0 Å². The van der Waals surface area contributed by atoms with Crippen molar-refractivity contribution in [1.82, 2.24) is 0 Å². The Morgan fingerprint density at radius 1 is 1.67 bits per heavy atom. The van der Waals surface area contributed by atoms with E-state index < -0.39 is 5.79 Å². The maximum absolute atomic E-state index is 9.89. The van der Waals surface area contributed by atoms with Crippen molar-refractivity contribution in [2.75, 3.05) is 13.7 Å². The molecular formula is C9H16O3. The number of rotatable bonds is 2. The average Bonchev–Trinajstić information content (AvgIpc) is 2.10. The van der Waals surface area contributed by atoms with Gasteiger partial charge in [0.25, 0.3) is 0 Å². The van der Waals surface area contributed by atoms with Gasteiger partial charge in [0.2, 0.25) is 0 Å². The molecular weight excluding hydrogens is 156 g/mol. The molecule has 0 saturated heterocycles. The fourth-order valence-electron chi connectivity index (χ4n) is 1.45. The van der Waals surface area contributed by atoms with E-state index >= 15 is 0 Å². The van der Waals surface area contributed by atoms with E-state index in [-0.39, 0.29) is 0 Å². The highest BCUT2D eigenvalue weighted by molar-refractivity contribution is 5.17. The van der Waals surface area contributed by atoms with Crippen molar-refractivity contribution in [3.05, 3.63) is 11.3 Å². The first-order chi connectivity index (χ1) is 5.64. The second-order valence-corrected chi connectivity index (χ2v) is 2.99. The number of methoxy groups -OCH3 is 1. The van der Waals surface area contributed by atoms with Crippen LogP contribution in [0.15, 0.2) is 11.3 Å². The lowest BCUT2D eigenvalue weighted by Gasteiger charge is -2.33. The van der Waals surface area contributed by atoms with Gasteiger partial charge in [0.05, 0.1) is 12.4 Å². The highest BCUT2D eigenvalue weighted by atomic mass is 16.6. The molecule has 1 atom stereocenters. The van der Waals surface area contributed by atoms with Gasteiger partial charge in [0, 0.05) is 25.5 Å². The zero-order chi connectivity index (χ0) is 9.19. The Kier molecular flexibility index (Phi) is 2.75. The van der Waals surface area contributed by atoms with Gasteiger partial charge in [0.15, 0.2) is 5.79 Å². The summed E-state index contributed by atoms with van der Waals surface area (Å²) in [6, 6.07) is 0. The average molecular weight is 172 g/mol. The van der Waals surface area contributed by atoms with Crippen molar-refractivity contribution < 1.29 is 14.6 Å². The lowest BCUT2D eigenvalue weighted by molar-refractivity contribution is -0.177. The molecule has 1 N–H and O–H groups in total. The summed E-state index contributed by atoms with van der Waals surface area (Å²) in [6.07, 6.45) is 1.32. The molecule has 3 nitrogen and oxygen atoms in total. The Hall–Kier alpha value is -0.540. The summed E-state index contributed by atoms with van der Waals surface area (Å²) < 4.78 is 10.4. The quantitative estimate of drug-likeness (QED) is 0.640. The van der Waals surface area contributed by atoms with E-state index in [9.17, 15) is 5.11 Å². The summed E-state index contributed by atoms with van der Waals surface area (Å²) >= 11 is 0. The molecule has 0 spiro atoms. The molecule has 1 aliphatic heterocycles. The molecule has 1 heterocycles. The van der Waals surface area contributed by atoms with Crippen molar-refractivity contribution in [3.63, 3.8) is 0 Å². The predicted molar refractivity (Wildman–Crippen MR) is 45.5 cm³/mol. The first kappa shape index (κ1) is 9.55. The molecule has 0 amide bonds. The highest BCUT2D eigenvalue weighted by Gasteiger charge is 2.34. The molecule has 0 aromatic rings. The molecule has 12 heavy (non-hydrogen) atoms. The predicted octanol–water partition coefficient (Wildman–Crippen LogP) is 1.43. The molecule has 1 unspecified atom stereocenters. The molecule has 70 valence electrons. The largest absolute Gasteiger partial charge is 0.498 e. The standard InChI is InChI=1S/C9H16O3/c1-4-8-7(2)9(10,11-3)5-6-12-8/h10H,4-6H2,1-3H3. The van der Waals surface area contributed by atoms with Crippen LogP contribution in [0, 0.1) is 0 Å². The first-order valence-corrected chi connectivity index (χ1v) is 4.24. The summed E-state index contributed by atoms with van der Waals surface area (Å²) in [5.74, 6) is -0.241. The zero-order valence-corrected chi connectivity index (χ0v) is 7.89. The van der Waals surface area contributed by atoms with Crippen LogP contribution in [0.1, 0.15) is 26.7 Å². The van der Waals surface area contributed by atoms with E-state index in [1.807, 2.05) is 13.8 Å². The number of hydrogen-bond acceptors (Lipinski definition) is 3. The second kappa shape index (κ2) is 3.46. The Balaban J connectivity index is 2.91. The van der Waals surface area contributed by atoms with E-state index in [0.29, 0.717) is 13.0 Å². The normalized spacial score (nSPS) is 30.3. The molecule has 0 radical (unpaired) electrons. The number of hydrogen-bond donors (Lipinski definition) is 1. The van der Waals surface area contributed by atoms with Crippen molar-refractivity contribution in [3.8, 4) is 0 Å². The minimum Gasteiger partial charge on any atom is -0.498 e. The van der Waals surface area contributed by atoms with E-state index in [2.05, 4.69) is 0 Å². The highest BCUT2D eigenvalue weighted by Crippen LogP contribution is 2.30. The van der Waals surface area contributed by atoms with Crippen LogP contribution < -0.4 is 0 Å². The summed E-state index contributed by atoms with van der Waals surface area (Å²) in [7, 11) is 1.52. The summed E-state index contributed by atoms with van der Waals surface area (Å²) in [4.78, 5) is 0. The maximum Gasteiger partial charge on any atom is 0.194 e. The smallest absolute Gasteiger partial charge is 0.194 e. The van der Waals surface area contributed by atoms with Crippen molar-refractivity contribution in [2.45, 2.75) is 32.5 Å². The Morgan fingerprint density at radius 2 is 2.33 bits per heavy atom. The van der Waals surface area contributed by atoms with Gasteiger partial charge in [-0.1, -0.05) is 6.92 Å². The summed E-state index contributed by atoms with van der Waals surface area (Å²) in [5, 5.41) is 9.89. The molecule has 0 saturated carbocycles. The summed E-state index contributed by atoms with van der Waals surface area (Å²) in [5.41, 5.74) is 0.804. The molecule has 0 fully saturated rings. The molecule has 0 bridgehead atoms. The van der Waals surface area contributed by atoms with Crippen LogP contribution >= 0.6 is 0 Å². The third-order valence-corrected chi connectivity index (χ3v) is 2.38. The van der Waals surface area contributed by atoms with Gasteiger partial charge in [-0.3, -0.25) is 0 Å². The van der Waals surface area contributed by atoms with E-state index in [1.54, 1.807) is 0 Å². The van der Waals surface area contributed by atoms with E-state index in [1.165, 1.54) is 7.11 Å². The topological polar surface area (TPSA) is 38.7 Å². The van der Waals surface area contributed by atoms with Gasteiger partial charge < -0.3 is 14.6 Å².